The molecule has 0 bridgehead atoms. The van der Waals surface area contributed by atoms with Crippen LogP contribution >= 0.6 is 11.6 Å². The molecule has 1 aromatic carbocycles. The molecule has 0 heterocycles. The maximum absolute atomic E-state index is 12.3. The summed E-state index contributed by atoms with van der Waals surface area (Å²) in [5.74, 6) is 0.106. The number of benzene rings is 1. The smallest absolute Gasteiger partial charge is 0.224 e. The lowest BCUT2D eigenvalue weighted by Gasteiger charge is -2.39. The molecule has 1 unspecified atom stereocenters. The summed E-state index contributed by atoms with van der Waals surface area (Å²) in [4.78, 5) is 14.0. The van der Waals surface area contributed by atoms with Crippen molar-refractivity contribution < 1.29 is 4.79 Å². The highest BCUT2D eigenvalue weighted by Gasteiger charge is 2.36. The van der Waals surface area contributed by atoms with Gasteiger partial charge in [-0.15, -0.1) is 0 Å². The standard InChI is InChI=1S/C15H21ClN2O/c1-11(12-5-3-6-13(16)9-12)18(2)14(19)10-15(17)7-4-8-15/h3,5-6,9,11H,4,7-8,10,17H2,1-2H3. The fraction of sp³-hybridized carbons (Fsp3) is 0.533. The first-order valence-electron chi connectivity index (χ1n) is 6.71. The lowest BCUT2D eigenvalue weighted by Crippen LogP contribution is -2.50. The SMILES string of the molecule is CC(c1cccc(Cl)c1)N(C)C(=O)CC1(N)CCC1. The summed E-state index contributed by atoms with van der Waals surface area (Å²) in [5, 5.41) is 0.694. The summed E-state index contributed by atoms with van der Waals surface area (Å²) in [5.41, 5.74) is 6.92. The molecule has 0 aliphatic heterocycles. The van der Waals surface area contributed by atoms with Gasteiger partial charge in [-0.05, 0) is 43.9 Å². The third kappa shape index (κ3) is 3.28. The van der Waals surface area contributed by atoms with Gasteiger partial charge in [0.15, 0.2) is 0 Å². The summed E-state index contributed by atoms with van der Waals surface area (Å²) < 4.78 is 0. The second-order valence-electron chi connectivity index (χ2n) is 5.63. The maximum Gasteiger partial charge on any atom is 0.224 e. The van der Waals surface area contributed by atoms with E-state index in [1.807, 2.05) is 38.2 Å². The van der Waals surface area contributed by atoms with Crippen LogP contribution in [0.3, 0.4) is 0 Å². The molecule has 4 heteroatoms. The van der Waals surface area contributed by atoms with Gasteiger partial charge in [0.2, 0.25) is 5.91 Å². The predicted molar refractivity (Wildman–Crippen MR) is 78.0 cm³/mol. The van der Waals surface area contributed by atoms with Crippen molar-refractivity contribution in [1.29, 1.82) is 0 Å². The number of nitrogens with two attached hydrogens (primary N) is 1. The van der Waals surface area contributed by atoms with Crippen LogP contribution in [0.5, 0.6) is 0 Å². The summed E-state index contributed by atoms with van der Waals surface area (Å²) in [6.07, 6.45) is 3.49. The number of rotatable bonds is 4. The molecule has 3 nitrogen and oxygen atoms in total. The highest BCUT2D eigenvalue weighted by molar-refractivity contribution is 6.30. The van der Waals surface area contributed by atoms with Gasteiger partial charge in [0.05, 0.1) is 6.04 Å². The zero-order valence-electron chi connectivity index (χ0n) is 11.5. The van der Waals surface area contributed by atoms with E-state index in [-0.39, 0.29) is 17.5 Å². The summed E-state index contributed by atoms with van der Waals surface area (Å²) in [7, 11) is 1.83. The summed E-state index contributed by atoms with van der Waals surface area (Å²) in [6.45, 7) is 2.01. The Hall–Kier alpha value is -1.06. The molecule has 1 fully saturated rings. The zero-order valence-corrected chi connectivity index (χ0v) is 12.3. The quantitative estimate of drug-likeness (QED) is 0.921. The normalized spacial score (nSPS) is 18.5. The number of nitrogens with zero attached hydrogens (tertiary/aromatic N) is 1. The lowest BCUT2D eigenvalue weighted by molar-refractivity contribution is -0.133. The highest BCUT2D eigenvalue weighted by Crippen LogP contribution is 2.33. The fourth-order valence-corrected chi connectivity index (χ4v) is 2.64. The molecular weight excluding hydrogens is 260 g/mol. The van der Waals surface area contributed by atoms with Crippen molar-refractivity contribution in [1.82, 2.24) is 4.90 Å². The molecular formula is C15H21ClN2O. The van der Waals surface area contributed by atoms with Crippen LogP contribution in [-0.4, -0.2) is 23.4 Å². The van der Waals surface area contributed by atoms with Gasteiger partial charge in [-0.1, -0.05) is 23.7 Å². The molecule has 0 radical (unpaired) electrons. The van der Waals surface area contributed by atoms with Gasteiger partial charge in [-0.3, -0.25) is 4.79 Å². The first-order valence-corrected chi connectivity index (χ1v) is 7.09. The molecule has 1 amide bonds. The van der Waals surface area contributed by atoms with Gasteiger partial charge in [0, 0.05) is 24.0 Å². The third-order valence-electron chi connectivity index (χ3n) is 4.16. The maximum atomic E-state index is 12.3. The summed E-state index contributed by atoms with van der Waals surface area (Å²) in [6, 6.07) is 7.64. The van der Waals surface area contributed by atoms with Crippen LogP contribution < -0.4 is 5.73 Å². The Labute approximate surface area is 119 Å². The van der Waals surface area contributed by atoms with Gasteiger partial charge in [0.25, 0.3) is 0 Å². The Morgan fingerprint density at radius 1 is 1.53 bits per heavy atom. The Kier molecular flexibility index (Phi) is 4.16. The van der Waals surface area contributed by atoms with Gasteiger partial charge in [-0.2, -0.15) is 0 Å². The first-order chi connectivity index (χ1) is 8.91. The van der Waals surface area contributed by atoms with E-state index in [0.717, 1.165) is 24.8 Å². The first kappa shape index (κ1) is 14.4. The monoisotopic (exact) mass is 280 g/mol. The number of hydrogen-bond acceptors (Lipinski definition) is 2. The molecule has 104 valence electrons. The van der Waals surface area contributed by atoms with Crippen molar-refractivity contribution in [3.63, 3.8) is 0 Å². The number of halogens is 1. The van der Waals surface area contributed by atoms with E-state index in [9.17, 15) is 4.79 Å². The average molecular weight is 281 g/mol. The van der Waals surface area contributed by atoms with E-state index in [0.29, 0.717) is 11.4 Å². The molecule has 1 atom stereocenters. The number of amides is 1. The molecule has 1 aromatic rings. The highest BCUT2D eigenvalue weighted by atomic mass is 35.5. The van der Waals surface area contributed by atoms with E-state index >= 15 is 0 Å². The van der Waals surface area contributed by atoms with Crippen molar-refractivity contribution >= 4 is 17.5 Å². The number of hydrogen-bond donors (Lipinski definition) is 1. The molecule has 0 saturated heterocycles. The number of carbonyl (C=O) groups excluding carboxylic acids is 1. The van der Waals surface area contributed by atoms with Crippen LogP contribution in [0.4, 0.5) is 0 Å². The predicted octanol–water partition coefficient (Wildman–Crippen LogP) is 3.13. The molecule has 0 spiro atoms. The molecule has 1 saturated carbocycles. The minimum Gasteiger partial charge on any atom is -0.339 e. The van der Waals surface area contributed by atoms with Crippen LogP contribution in [0.2, 0.25) is 5.02 Å². The molecule has 1 aliphatic carbocycles. The largest absolute Gasteiger partial charge is 0.339 e. The van der Waals surface area contributed by atoms with Crippen molar-refractivity contribution in [3.05, 3.63) is 34.9 Å². The van der Waals surface area contributed by atoms with Gasteiger partial charge < -0.3 is 10.6 Å². The van der Waals surface area contributed by atoms with Crippen LogP contribution in [-0.2, 0) is 4.79 Å². The van der Waals surface area contributed by atoms with E-state index < -0.39 is 0 Å². The van der Waals surface area contributed by atoms with Crippen molar-refractivity contribution in [3.8, 4) is 0 Å². The topological polar surface area (TPSA) is 46.3 Å². The second-order valence-corrected chi connectivity index (χ2v) is 6.06. The van der Waals surface area contributed by atoms with Crippen molar-refractivity contribution in [2.24, 2.45) is 5.73 Å². The average Bonchev–Trinajstić information content (AvgIpc) is 2.35. The van der Waals surface area contributed by atoms with Crippen molar-refractivity contribution in [2.75, 3.05) is 7.05 Å². The van der Waals surface area contributed by atoms with Gasteiger partial charge in [-0.25, -0.2) is 0 Å². The zero-order chi connectivity index (χ0) is 14.0. The lowest BCUT2D eigenvalue weighted by atomic mass is 9.75. The Balaban J connectivity index is 2.02. The van der Waals surface area contributed by atoms with Crippen LogP contribution in [0, 0.1) is 0 Å². The number of carbonyl (C=O) groups is 1. The van der Waals surface area contributed by atoms with Crippen molar-refractivity contribution in [2.45, 2.75) is 44.2 Å². The summed E-state index contributed by atoms with van der Waals surface area (Å²) >= 11 is 5.99. The van der Waals surface area contributed by atoms with E-state index in [4.69, 9.17) is 17.3 Å². The van der Waals surface area contributed by atoms with Crippen LogP contribution in [0.1, 0.15) is 44.2 Å². The minimum absolute atomic E-state index is 0.00914. The van der Waals surface area contributed by atoms with Gasteiger partial charge in [0.1, 0.15) is 0 Å². The third-order valence-corrected chi connectivity index (χ3v) is 4.39. The molecule has 2 N–H and O–H groups in total. The second kappa shape index (κ2) is 5.51. The fourth-order valence-electron chi connectivity index (χ4n) is 2.44. The molecule has 19 heavy (non-hydrogen) atoms. The van der Waals surface area contributed by atoms with E-state index in [1.54, 1.807) is 4.90 Å². The van der Waals surface area contributed by atoms with Crippen LogP contribution in [0.25, 0.3) is 0 Å². The van der Waals surface area contributed by atoms with Crippen LogP contribution in [0.15, 0.2) is 24.3 Å². The Morgan fingerprint density at radius 2 is 2.21 bits per heavy atom. The van der Waals surface area contributed by atoms with E-state index in [1.165, 1.54) is 0 Å². The molecule has 2 rings (SSSR count). The Morgan fingerprint density at radius 3 is 2.74 bits per heavy atom. The molecule has 0 aromatic heterocycles. The Bertz CT molecular complexity index is 471. The minimum atomic E-state index is -0.264. The van der Waals surface area contributed by atoms with E-state index in [2.05, 4.69) is 0 Å². The van der Waals surface area contributed by atoms with Gasteiger partial charge >= 0.3 is 0 Å². The molecule has 1 aliphatic rings.